The average molecular weight is 415 g/mol. The fourth-order valence-corrected chi connectivity index (χ4v) is 5.08. The summed E-state index contributed by atoms with van der Waals surface area (Å²) in [4.78, 5) is 27.2. The third-order valence-electron chi connectivity index (χ3n) is 5.26. The number of piperazine rings is 1. The van der Waals surface area contributed by atoms with Gasteiger partial charge in [0.1, 0.15) is 10.6 Å². The molecule has 3 aromatic rings. The molecular weight excluding hydrogens is 392 g/mol. The van der Waals surface area contributed by atoms with Crippen LogP contribution in [0.4, 0.5) is 5.82 Å². The highest BCUT2D eigenvalue weighted by molar-refractivity contribution is 7.19. The first-order valence-electron chi connectivity index (χ1n) is 9.54. The Morgan fingerprint density at radius 2 is 1.82 bits per heavy atom. The van der Waals surface area contributed by atoms with Crippen LogP contribution < -0.4 is 4.90 Å². The summed E-state index contributed by atoms with van der Waals surface area (Å²) in [6, 6.07) is 8.62. The number of nitrogens with zero attached hydrogens (tertiary/aromatic N) is 4. The maximum Gasteiger partial charge on any atom is 0.225 e. The van der Waals surface area contributed by atoms with E-state index in [1.807, 2.05) is 4.90 Å². The summed E-state index contributed by atoms with van der Waals surface area (Å²) in [5, 5.41) is 1.35. The molecule has 0 aliphatic carbocycles. The monoisotopic (exact) mass is 414 g/mol. The van der Waals surface area contributed by atoms with Crippen LogP contribution in [0.25, 0.3) is 21.3 Å². The number of thiophene rings is 1. The van der Waals surface area contributed by atoms with Crippen molar-refractivity contribution in [1.29, 1.82) is 0 Å². The number of hydrogen-bond acceptors (Lipinski definition) is 5. The Kier molecular flexibility index (Phi) is 5.25. The predicted octanol–water partition coefficient (Wildman–Crippen LogP) is 4.55. The molecule has 1 aliphatic heterocycles. The number of benzene rings is 1. The zero-order valence-electron chi connectivity index (χ0n) is 16.3. The molecule has 2 aromatic heterocycles. The molecule has 28 heavy (non-hydrogen) atoms. The largest absolute Gasteiger partial charge is 0.352 e. The number of hydrogen-bond donors (Lipinski definition) is 0. The van der Waals surface area contributed by atoms with Crippen molar-refractivity contribution in [3.05, 3.63) is 40.0 Å². The van der Waals surface area contributed by atoms with Gasteiger partial charge in [-0.2, -0.15) is 4.98 Å². The Morgan fingerprint density at radius 1 is 1.14 bits per heavy atom. The van der Waals surface area contributed by atoms with Gasteiger partial charge in [0.05, 0.1) is 5.39 Å². The first kappa shape index (κ1) is 19.2. The van der Waals surface area contributed by atoms with Crippen LogP contribution in [0.5, 0.6) is 0 Å². The van der Waals surface area contributed by atoms with Gasteiger partial charge in [-0.05, 0) is 30.5 Å². The molecule has 3 heterocycles. The number of amides is 1. The van der Waals surface area contributed by atoms with Crippen molar-refractivity contribution in [3.8, 4) is 11.1 Å². The highest BCUT2D eigenvalue weighted by Crippen LogP contribution is 2.43. The summed E-state index contributed by atoms with van der Waals surface area (Å²) < 4.78 is 0. The lowest BCUT2D eigenvalue weighted by Crippen LogP contribution is -2.48. The first-order chi connectivity index (χ1) is 13.5. The third-order valence-corrected chi connectivity index (χ3v) is 6.66. The molecule has 1 aliphatic rings. The third kappa shape index (κ3) is 3.47. The van der Waals surface area contributed by atoms with E-state index in [0.29, 0.717) is 13.1 Å². The van der Waals surface area contributed by atoms with E-state index in [0.717, 1.165) is 35.5 Å². The van der Waals surface area contributed by atoms with Crippen LogP contribution in [0.15, 0.2) is 24.3 Å². The van der Waals surface area contributed by atoms with Crippen molar-refractivity contribution in [1.82, 2.24) is 14.9 Å². The van der Waals surface area contributed by atoms with Crippen molar-refractivity contribution < 1.29 is 4.79 Å². The zero-order chi connectivity index (χ0) is 19.8. The van der Waals surface area contributed by atoms with Gasteiger partial charge in [-0.3, -0.25) is 4.79 Å². The summed E-state index contributed by atoms with van der Waals surface area (Å²) in [7, 11) is 0. The molecule has 5 nitrogen and oxygen atoms in total. The maximum absolute atomic E-state index is 11.7. The van der Waals surface area contributed by atoms with E-state index in [2.05, 4.69) is 53.0 Å². The number of aryl methyl sites for hydroxylation is 2. The van der Waals surface area contributed by atoms with Crippen LogP contribution in [0.2, 0.25) is 5.28 Å². The van der Waals surface area contributed by atoms with Crippen molar-refractivity contribution in [2.75, 3.05) is 31.1 Å². The van der Waals surface area contributed by atoms with Crippen LogP contribution in [-0.2, 0) is 11.2 Å². The SMILES string of the molecule is CCc1sc2nc(Cl)nc(N3CCN(C(C)=O)CC3)c2c1-c1ccc(C)cc1. The van der Waals surface area contributed by atoms with E-state index < -0.39 is 0 Å². The quantitative estimate of drug-likeness (QED) is 0.590. The predicted molar refractivity (Wildman–Crippen MR) is 116 cm³/mol. The Morgan fingerprint density at radius 3 is 2.43 bits per heavy atom. The van der Waals surface area contributed by atoms with E-state index in [4.69, 9.17) is 11.6 Å². The number of aromatic nitrogens is 2. The minimum Gasteiger partial charge on any atom is -0.352 e. The summed E-state index contributed by atoms with van der Waals surface area (Å²) in [5.41, 5.74) is 3.63. The lowest BCUT2D eigenvalue weighted by Gasteiger charge is -2.35. The number of halogens is 1. The summed E-state index contributed by atoms with van der Waals surface area (Å²) in [6.07, 6.45) is 0.930. The fourth-order valence-electron chi connectivity index (χ4n) is 3.74. The van der Waals surface area contributed by atoms with Crippen molar-refractivity contribution in [3.63, 3.8) is 0 Å². The molecule has 1 saturated heterocycles. The number of carbonyl (C=O) groups excluding carboxylic acids is 1. The average Bonchev–Trinajstić information content (AvgIpc) is 3.06. The van der Waals surface area contributed by atoms with Crippen molar-refractivity contribution >= 4 is 44.9 Å². The van der Waals surface area contributed by atoms with Gasteiger partial charge in [0.25, 0.3) is 0 Å². The van der Waals surface area contributed by atoms with Crippen molar-refractivity contribution in [2.24, 2.45) is 0 Å². The molecule has 0 saturated carbocycles. The van der Waals surface area contributed by atoms with Gasteiger partial charge in [0, 0.05) is 43.5 Å². The van der Waals surface area contributed by atoms with E-state index in [-0.39, 0.29) is 11.2 Å². The van der Waals surface area contributed by atoms with Gasteiger partial charge >= 0.3 is 0 Å². The van der Waals surface area contributed by atoms with Crippen LogP contribution >= 0.6 is 22.9 Å². The minimum atomic E-state index is 0.120. The van der Waals surface area contributed by atoms with Crippen LogP contribution in [0.1, 0.15) is 24.3 Å². The summed E-state index contributed by atoms with van der Waals surface area (Å²) in [6.45, 7) is 8.77. The van der Waals surface area contributed by atoms with E-state index in [1.165, 1.54) is 21.6 Å². The van der Waals surface area contributed by atoms with Crippen LogP contribution in [0, 0.1) is 6.92 Å². The molecule has 0 bridgehead atoms. The lowest BCUT2D eigenvalue weighted by molar-refractivity contribution is -0.129. The number of carbonyl (C=O) groups is 1. The van der Waals surface area contributed by atoms with E-state index in [9.17, 15) is 4.79 Å². The van der Waals surface area contributed by atoms with Gasteiger partial charge in [-0.25, -0.2) is 4.98 Å². The fraction of sp³-hybridized carbons (Fsp3) is 0.381. The minimum absolute atomic E-state index is 0.120. The standard InChI is InChI=1S/C21H23ClN4OS/c1-4-16-17(15-7-5-13(2)6-8-15)18-19(23-21(22)24-20(18)28-16)26-11-9-25(10-12-26)14(3)27/h5-8H,4,9-12H2,1-3H3. The zero-order valence-corrected chi connectivity index (χ0v) is 17.9. The second-order valence-corrected chi connectivity index (χ2v) is 8.53. The molecule has 4 rings (SSSR count). The Balaban J connectivity index is 1.86. The molecule has 146 valence electrons. The van der Waals surface area contributed by atoms with Crippen LogP contribution in [0.3, 0.4) is 0 Å². The molecule has 0 atom stereocenters. The van der Waals surface area contributed by atoms with E-state index >= 15 is 0 Å². The maximum atomic E-state index is 11.7. The number of fused-ring (bicyclic) bond motifs is 1. The van der Waals surface area contributed by atoms with Gasteiger partial charge in [0.15, 0.2) is 0 Å². The Labute approximate surface area is 174 Å². The molecule has 1 fully saturated rings. The molecule has 7 heteroatoms. The number of anilines is 1. The highest BCUT2D eigenvalue weighted by atomic mass is 35.5. The van der Waals surface area contributed by atoms with E-state index in [1.54, 1.807) is 18.3 Å². The number of rotatable bonds is 3. The second kappa shape index (κ2) is 7.68. The van der Waals surface area contributed by atoms with Crippen LogP contribution in [-0.4, -0.2) is 47.0 Å². The van der Waals surface area contributed by atoms with Gasteiger partial charge < -0.3 is 9.80 Å². The first-order valence-corrected chi connectivity index (χ1v) is 10.7. The molecular formula is C21H23ClN4OS. The van der Waals surface area contributed by atoms with Gasteiger partial charge in [0.2, 0.25) is 11.2 Å². The molecule has 0 unspecified atom stereocenters. The topological polar surface area (TPSA) is 49.3 Å². The smallest absolute Gasteiger partial charge is 0.225 e. The Hall–Kier alpha value is -2.18. The molecule has 1 aromatic carbocycles. The van der Waals surface area contributed by atoms with Gasteiger partial charge in [-0.15, -0.1) is 11.3 Å². The second-order valence-electron chi connectivity index (χ2n) is 7.11. The van der Waals surface area contributed by atoms with Crippen molar-refractivity contribution in [2.45, 2.75) is 27.2 Å². The highest BCUT2D eigenvalue weighted by Gasteiger charge is 2.25. The lowest BCUT2D eigenvalue weighted by atomic mass is 10.0. The van der Waals surface area contributed by atoms with Gasteiger partial charge in [-0.1, -0.05) is 36.8 Å². The molecule has 0 radical (unpaired) electrons. The molecule has 0 spiro atoms. The molecule has 1 amide bonds. The normalized spacial score (nSPS) is 14.7. The summed E-state index contributed by atoms with van der Waals surface area (Å²) in [5.74, 6) is 0.999. The summed E-state index contributed by atoms with van der Waals surface area (Å²) >= 11 is 7.98. The Bertz CT molecular complexity index is 1020. The molecule has 0 N–H and O–H groups in total.